The van der Waals surface area contributed by atoms with Crippen LogP contribution in [0.2, 0.25) is 0 Å². The second-order valence-corrected chi connectivity index (χ2v) is 16.4. The van der Waals surface area contributed by atoms with Gasteiger partial charge in [-0.3, -0.25) is 14.5 Å². The standard InChI is InChI=1S/C48H42N4O2/c1-28-21-23-50-43-36(28)26-31(48(5,6)7)27-37(43)38-25-29(22-24-49-38)46-51-44-35(42-40(53)20-19-34-33-11-8-9-14-41(33)54-45(34)42)12-10-13-39(44)52(46)32-17-15-30(16-18-32)47(2,3)4/h8-27,53H,1-7H3. The summed E-state index contributed by atoms with van der Waals surface area (Å²) >= 11 is 0. The number of benzene rings is 5. The number of furan rings is 1. The molecule has 0 bridgehead atoms. The number of phenolic OH excluding ortho intramolecular Hbond substituents is 1. The number of aryl methyl sites for hydroxylation is 1. The SMILES string of the molecule is Cc1ccnc2c(-c3cc(-c4nc5c(-c6c(O)ccc7c6oc6ccccc67)cccc5n4-c4ccc(C(C)(C)C)cc4)ccn3)cc(C(C)(C)C)cc12. The molecular weight excluding hydrogens is 665 g/mol. The third-order valence-electron chi connectivity index (χ3n) is 10.7. The highest BCUT2D eigenvalue weighted by molar-refractivity contribution is 6.13. The van der Waals surface area contributed by atoms with Crippen LogP contribution in [0.3, 0.4) is 0 Å². The lowest BCUT2D eigenvalue weighted by molar-refractivity contribution is 0.477. The largest absolute Gasteiger partial charge is 0.507 e. The van der Waals surface area contributed by atoms with Crippen LogP contribution in [0.25, 0.3) is 83.3 Å². The summed E-state index contributed by atoms with van der Waals surface area (Å²) in [5.74, 6) is 0.903. The Kier molecular flexibility index (Phi) is 7.54. The maximum absolute atomic E-state index is 11.5. The van der Waals surface area contributed by atoms with E-state index in [-0.39, 0.29) is 16.6 Å². The van der Waals surface area contributed by atoms with Gasteiger partial charge < -0.3 is 9.52 Å². The monoisotopic (exact) mass is 706 g/mol. The molecule has 1 N–H and O–H groups in total. The normalized spacial score (nSPS) is 12.4. The van der Waals surface area contributed by atoms with E-state index in [9.17, 15) is 5.11 Å². The maximum Gasteiger partial charge on any atom is 0.147 e. The first-order valence-corrected chi connectivity index (χ1v) is 18.5. The molecule has 0 atom stereocenters. The summed E-state index contributed by atoms with van der Waals surface area (Å²) in [6, 6.07) is 37.3. The zero-order valence-corrected chi connectivity index (χ0v) is 31.7. The van der Waals surface area contributed by atoms with Crippen molar-refractivity contribution in [3.05, 3.63) is 138 Å². The van der Waals surface area contributed by atoms with Crippen LogP contribution >= 0.6 is 0 Å². The Bertz CT molecular complexity index is 2920. The van der Waals surface area contributed by atoms with Gasteiger partial charge in [0.25, 0.3) is 0 Å². The molecule has 0 amide bonds. The molecule has 4 aromatic heterocycles. The molecule has 0 radical (unpaired) electrons. The van der Waals surface area contributed by atoms with Gasteiger partial charge in [0.15, 0.2) is 0 Å². The molecule has 54 heavy (non-hydrogen) atoms. The van der Waals surface area contributed by atoms with E-state index in [1.165, 1.54) is 16.7 Å². The minimum atomic E-state index is -0.0688. The molecule has 0 saturated carbocycles. The Labute approximate surface area is 314 Å². The van der Waals surface area contributed by atoms with Crippen LogP contribution in [0, 0.1) is 6.92 Å². The average Bonchev–Trinajstić information content (AvgIpc) is 3.73. The number of nitrogens with zero attached hydrogens (tertiary/aromatic N) is 4. The summed E-state index contributed by atoms with van der Waals surface area (Å²) in [4.78, 5) is 15.3. The molecule has 266 valence electrons. The molecule has 0 spiro atoms. The molecule has 0 saturated heterocycles. The van der Waals surface area contributed by atoms with Crippen molar-refractivity contribution in [2.24, 2.45) is 0 Å². The van der Waals surface area contributed by atoms with E-state index in [2.05, 4.69) is 114 Å². The van der Waals surface area contributed by atoms with Gasteiger partial charge in [-0.2, -0.15) is 0 Å². The van der Waals surface area contributed by atoms with Crippen LogP contribution in [0.15, 0.2) is 126 Å². The fourth-order valence-corrected chi connectivity index (χ4v) is 7.64. The van der Waals surface area contributed by atoms with E-state index < -0.39 is 0 Å². The Balaban J connectivity index is 1.31. The molecule has 6 heteroatoms. The summed E-state index contributed by atoms with van der Waals surface area (Å²) in [6.07, 6.45) is 3.74. The van der Waals surface area contributed by atoms with Crippen molar-refractivity contribution in [1.82, 2.24) is 19.5 Å². The molecule has 6 nitrogen and oxygen atoms in total. The van der Waals surface area contributed by atoms with E-state index in [1.807, 2.05) is 54.9 Å². The minimum Gasteiger partial charge on any atom is -0.507 e. The number of rotatable bonds is 4. The van der Waals surface area contributed by atoms with Gasteiger partial charge in [0, 0.05) is 50.9 Å². The van der Waals surface area contributed by atoms with Gasteiger partial charge in [-0.15, -0.1) is 0 Å². The Morgan fingerprint density at radius 3 is 2.17 bits per heavy atom. The molecule has 4 heterocycles. The van der Waals surface area contributed by atoms with Crippen molar-refractivity contribution >= 4 is 43.9 Å². The quantitative estimate of drug-likeness (QED) is 0.197. The van der Waals surface area contributed by atoms with Crippen molar-refractivity contribution < 1.29 is 9.52 Å². The number of imidazole rings is 1. The van der Waals surface area contributed by atoms with Gasteiger partial charge in [-0.25, -0.2) is 4.98 Å². The molecule has 0 aliphatic carbocycles. The molecule has 0 aliphatic rings. The predicted molar refractivity (Wildman–Crippen MR) is 222 cm³/mol. The van der Waals surface area contributed by atoms with Crippen LogP contribution in [-0.4, -0.2) is 24.6 Å². The van der Waals surface area contributed by atoms with Crippen LogP contribution in [-0.2, 0) is 10.8 Å². The third-order valence-corrected chi connectivity index (χ3v) is 10.7. The van der Waals surface area contributed by atoms with Gasteiger partial charge in [-0.1, -0.05) is 84.0 Å². The first-order valence-electron chi connectivity index (χ1n) is 18.5. The second kappa shape index (κ2) is 12.1. The van der Waals surface area contributed by atoms with Crippen molar-refractivity contribution in [2.75, 3.05) is 0 Å². The Morgan fingerprint density at radius 1 is 0.630 bits per heavy atom. The number of aromatic hydroxyl groups is 1. The summed E-state index contributed by atoms with van der Waals surface area (Å²) in [5.41, 5.74) is 12.7. The van der Waals surface area contributed by atoms with Gasteiger partial charge in [0.2, 0.25) is 0 Å². The first kappa shape index (κ1) is 33.6. The van der Waals surface area contributed by atoms with Crippen molar-refractivity contribution in [2.45, 2.75) is 59.3 Å². The highest BCUT2D eigenvalue weighted by Gasteiger charge is 2.24. The van der Waals surface area contributed by atoms with Crippen LogP contribution in [0.1, 0.15) is 58.2 Å². The number of hydrogen-bond donors (Lipinski definition) is 1. The van der Waals surface area contributed by atoms with Crippen LogP contribution < -0.4 is 0 Å². The summed E-state index contributed by atoms with van der Waals surface area (Å²) in [5, 5.41) is 14.6. The Morgan fingerprint density at radius 2 is 1.39 bits per heavy atom. The van der Waals surface area contributed by atoms with Crippen LogP contribution in [0.5, 0.6) is 5.75 Å². The molecule has 0 unspecified atom stereocenters. The van der Waals surface area contributed by atoms with E-state index in [1.54, 1.807) is 6.07 Å². The fraction of sp³-hybridized carbons (Fsp3) is 0.188. The van der Waals surface area contributed by atoms with Crippen molar-refractivity contribution in [1.29, 1.82) is 0 Å². The molecule has 9 rings (SSSR count). The van der Waals surface area contributed by atoms with E-state index >= 15 is 0 Å². The van der Waals surface area contributed by atoms with Gasteiger partial charge in [0.1, 0.15) is 22.7 Å². The lowest BCUT2D eigenvalue weighted by Crippen LogP contribution is -2.11. The topological polar surface area (TPSA) is 77.0 Å². The number of fused-ring (bicyclic) bond motifs is 5. The minimum absolute atomic E-state index is 0.00504. The highest BCUT2D eigenvalue weighted by Crippen LogP contribution is 2.44. The van der Waals surface area contributed by atoms with E-state index in [4.69, 9.17) is 19.4 Å². The smallest absolute Gasteiger partial charge is 0.147 e. The summed E-state index contributed by atoms with van der Waals surface area (Å²) < 4.78 is 8.67. The zero-order valence-electron chi connectivity index (χ0n) is 31.7. The number of phenols is 1. The van der Waals surface area contributed by atoms with Crippen molar-refractivity contribution in [3.63, 3.8) is 0 Å². The van der Waals surface area contributed by atoms with Gasteiger partial charge in [-0.05, 0) is 101 Å². The fourth-order valence-electron chi connectivity index (χ4n) is 7.64. The highest BCUT2D eigenvalue weighted by atomic mass is 16.3. The van der Waals surface area contributed by atoms with Crippen LogP contribution in [0.4, 0.5) is 0 Å². The first-order chi connectivity index (χ1) is 25.9. The number of para-hydroxylation sites is 2. The predicted octanol–water partition coefficient (Wildman–Crippen LogP) is 12.5. The maximum atomic E-state index is 11.5. The Hall–Kier alpha value is -6.27. The third kappa shape index (κ3) is 5.44. The average molecular weight is 707 g/mol. The number of aromatic nitrogens is 4. The summed E-state index contributed by atoms with van der Waals surface area (Å²) in [7, 11) is 0. The van der Waals surface area contributed by atoms with E-state index in [0.29, 0.717) is 11.1 Å². The molecular formula is C48H42N4O2. The number of hydrogen-bond acceptors (Lipinski definition) is 5. The molecule has 0 fully saturated rings. The molecule has 5 aromatic carbocycles. The zero-order chi connectivity index (χ0) is 37.5. The summed E-state index contributed by atoms with van der Waals surface area (Å²) in [6.45, 7) is 15.5. The van der Waals surface area contributed by atoms with E-state index in [0.717, 1.165) is 72.2 Å². The van der Waals surface area contributed by atoms with Gasteiger partial charge >= 0.3 is 0 Å². The second-order valence-electron chi connectivity index (χ2n) is 16.4. The molecule has 9 aromatic rings. The van der Waals surface area contributed by atoms with Gasteiger partial charge in [0.05, 0.1) is 27.8 Å². The lowest BCUT2D eigenvalue weighted by atomic mass is 9.84. The lowest BCUT2D eigenvalue weighted by Gasteiger charge is -2.22. The molecule has 0 aliphatic heterocycles. The number of pyridine rings is 2. The van der Waals surface area contributed by atoms with Crippen molar-refractivity contribution in [3.8, 4) is 45.2 Å².